The summed E-state index contributed by atoms with van der Waals surface area (Å²) >= 11 is 1.77. The molecule has 19 heavy (non-hydrogen) atoms. The summed E-state index contributed by atoms with van der Waals surface area (Å²) in [5.74, 6) is 1.81. The van der Waals surface area contributed by atoms with Crippen molar-refractivity contribution in [2.24, 2.45) is 0 Å². The molecule has 0 aliphatic carbocycles. The van der Waals surface area contributed by atoms with Gasteiger partial charge in [0.05, 0.1) is 12.1 Å². The molecule has 0 saturated carbocycles. The molecule has 3 rings (SSSR count). The topological polar surface area (TPSA) is 39.2 Å². The fraction of sp³-hybridized carbons (Fsp3) is 0.333. The molecule has 4 heteroatoms. The third-order valence-corrected chi connectivity index (χ3v) is 4.22. The van der Waals surface area contributed by atoms with E-state index in [1.165, 1.54) is 0 Å². The van der Waals surface area contributed by atoms with Crippen molar-refractivity contribution in [3.8, 4) is 0 Å². The van der Waals surface area contributed by atoms with Gasteiger partial charge in [0.2, 0.25) is 0 Å². The molecule has 0 radical (unpaired) electrons. The third kappa shape index (κ3) is 2.65. The molecular formula is C15H15NO2S. The second-order valence-electron chi connectivity index (χ2n) is 4.66. The van der Waals surface area contributed by atoms with Crippen LogP contribution in [0.2, 0.25) is 0 Å². The van der Waals surface area contributed by atoms with E-state index in [2.05, 4.69) is 4.98 Å². The van der Waals surface area contributed by atoms with Crippen molar-refractivity contribution >= 4 is 28.4 Å². The van der Waals surface area contributed by atoms with E-state index in [9.17, 15) is 4.79 Å². The number of ether oxygens (including phenoxy) is 1. The van der Waals surface area contributed by atoms with Gasteiger partial charge in [0, 0.05) is 28.1 Å². The molecule has 2 aromatic rings. The number of rotatable bonds is 2. The summed E-state index contributed by atoms with van der Waals surface area (Å²) in [6, 6.07) is 9.63. The zero-order valence-electron chi connectivity index (χ0n) is 10.8. The Morgan fingerprint density at radius 3 is 3.05 bits per heavy atom. The van der Waals surface area contributed by atoms with Crippen LogP contribution in [0, 0.1) is 6.92 Å². The highest BCUT2D eigenvalue weighted by Crippen LogP contribution is 2.20. The van der Waals surface area contributed by atoms with Gasteiger partial charge < -0.3 is 4.74 Å². The molecule has 1 aromatic carbocycles. The van der Waals surface area contributed by atoms with Crippen molar-refractivity contribution in [2.45, 2.75) is 13.0 Å². The third-order valence-electron chi connectivity index (χ3n) is 3.22. The molecule has 98 valence electrons. The van der Waals surface area contributed by atoms with E-state index >= 15 is 0 Å². The van der Waals surface area contributed by atoms with Crippen LogP contribution in [0.4, 0.5) is 0 Å². The number of aryl methyl sites for hydroxylation is 1. The van der Waals surface area contributed by atoms with E-state index < -0.39 is 0 Å². The summed E-state index contributed by atoms with van der Waals surface area (Å²) < 4.78 is 5.54. The van der Waals surface area contributed by atoms with E-state index in [1.54, 1.807) is 11.8 Å². The average molecular weight is 273 g/mol. The summed E-state index contributed by atoms with van der Waals surface area (Å²) in [6.45, 7) is 2.63. The number of fused-ring (bicyclic) bond motifs is 1. The minimum atomic E-state index is -0.297. The number of thioether (sulfide) groups is 1. The van der Waals surface area contributed by atoms with Gasteiger partial charge in [0.25, 0.3) is 0 Å². The molecule has 1 atom stereocenters. The molecular weight excluding hydrogens is 258 g/mol. The van der Waals surface area contributed by atoms with Gasteiger partial charge >= 0.3 is 0 Å². The number of hydrogen-bond acceptors (Lipinski definition) is 4. The van der Waals surface area contributed by atoms with Gasteiger partial charge in [0.1, 0.15) is 6.10 Å². The first kappa shape index (κ1) is 12.6. The summed E-state index contributed by atoms with van der Waals surface area (Å²) in [7, 11) is 0. The lowest BCUT2D eigenvalue weighted by Gasteiger charge is -2.21. The number of ketones is 1. The van der Waals surface area contributed by atoms with Crippen molar-refractivity contribution in [1.82, 2.24) is 4.98 Å². The number of nitrogens with zero attached hydrogens (tertiary/aromatic N) is 1. The first-order chi connectivity index (χ1) is 9.24. The van der Waals surface area contributed by atoms with Crippen LogP contribution in [0.1, 0.15) is 16.1 Å². The Balaban J connectivity index is 1.92. The lowest BCUT2D eigenvalue weighted by molar-refractivity contribution is 0.0519. The van der Waals surface area contributed by atoms with Gasteiger partial charge in [0.15, 0.2) is 5.78 Å². The van der Waals surface area contributed by atoms with Crippen LogP contribution in [0.15, 0.2) is 30.3 Å². The van der Waals surface area contributed by atoms with E-state index in [-0.39, 0.29) is 11.9 Å². The van der Waals surface area contributed by atoms with Crippen LogP contribution in [0.3, 0.4) is 0 Å². The summed E-state index contributed by atoms with van der Waals surface area (Å²) in [4.78, 5) is 16.8. The molecule has 1 aliphatic rings. The monoisotopic (exact) mass is 273 g/mol. The molecule has 1 fully saturated rings. The Labute approximate surface area is 116 Å². The Morgan fingerprint density at radius 2 is 2.26 bits per heavy atom. The van der Waals surface area contributed by atoms with Crippen LogP contribution < -0.4 is 0 Å². The average Bonchev–Trinajstić information content (AvgIpc) is 2.47. The first-order valence-corrected chi connectivity index (χ1v) is 7.50. The molecule has 2 heterocycles. The molecule has 1 saturated heterocycles. The van der Waals surface area contributed by atoms with Gasteiger partial charge in [-0.1, -0.05) is 6.07 Å². The van der Waals surface area contributed by atoms with Crippen LogP contribution in [-0.2, 0) is 4.74 Å². The van der Waals surface area contributed by atoms with E-state index in [0.717, 1.165) is 28.1 Å². The lowest BCUT2D eigenvalue weighted by Crippen LogP contribution is -2.31. The number of carbonyl (C=O) groups excluding carboxylic acids is 1. The number of pyridine rings is 1. The SMILES string of the molecule is Cc1ccc2cc(C(=O)C3CSCCO3)ccc2n1. The fourth-order valence-corrected chi connectivity index (χ4v) is 3.05. The number of hydrogen-bond donors (Lipinski definition) is 0. The zero-order chi connectivity index (χ0) is 13.2. The summed E-state index contributed by atoms with van der Waals surface area (Å²) in [5, 5.41) is 1.000. The van der Waals surface area contributed by atoms with Crippen molar-refractivity contribution in [3.05, 3.63) is 41.6 Å². The first-order valence-electron chi connectivity index (χ1n) is 6.35. The van der Waals surface area contributed by atoms with Crippen molar-refractivity contribution in [2.75, 3.05) is 18.1 Å². The molecule has 1 aromatic heterocycles. The van der Waals surface area contributed by atoms with Crippen LogP contribution >= 0.6 is 11.8 Å². The number of Topliss-reactive ketones (excluding diaryl/α,β-unsaturated/α-hetero) is 1. The van der Waals surface area contributed by atoms with E-state index in [0.29, 0.717) is 12.2 Å². The summed E-state index contributed by atoms with van der Waals surface area (Å²) in [5.41, 5.74) is 2.62. The number of aromatic nitrogens is 1. The standard InChI is InChI=1S/C15H15NO2S/c1-10-2-3-11-8-12(4-5-13(11)16-10)15(17)14-9-19-7-6-18-14/h2-5,8,14H,6-7,9H2,1H3. The molecule has 0 bridgehead atoms. The van der Waals surface area contributed by atoms with Crippen LogP contribution in [-0.4, -0.2) is 35.0 Å². The Hall–Kier alpha value is -1.39. The van der Waals surface area contributed by atoms with Gasteiger partial charge in [-0.25, -0.2) is 0 Å². The van der Waals surface area contributed by atoms with E-state index in [1.807, 2.05) is 37.3 Å². The van der Waals surface area contributed by atoms with Crippen molar-refractivity contribution < 1.29 is 9.53 Å². The quantitative estimate of drug-likeness (QED) is 0.789. The van der Waals surface area contributed by atoms with Crippen LogP contribution in [0.5, 0.6) is 0 Å². The van der Waals surface area contributed by atoms with Crippen molar-refractivity contribution in [1.29, 1.82) is 0 Å². The predicted octanol–water partition coefficient (Wildman–Crippen LogP) is 2.86. The zero-order valence-corrected chi connectivity index (χ0v) is 11.6. The molecule has 0 N–H and O–H groups in total. The Kier molecular flexibility index (Phi) is 3.53. The van der Waals surface area contributed by atoms with E-state index in [4.69, 9.17) is 4.74 Å². The van der Waals surface area contributed by atoms with Gasteiger partial charge in [-0.3, -0.25) is 9.78 Å². The van der Waals surface area contributed by atoms with Crippen LogP contribution in [0.25, 0.3) is 10.9 Å². The van der Waals surface area contributed by atoms with Crippen molar-refractivity contribution in [3.63, 3.8) is 0 Å². The van der Waals surface area contributed by atoms with Gasteiger partial charge in [-0.2, -0.15) is 11.8 Å². The largest absolute Gasteiger partial charge is 0.368 e. The Morgan fingerprint density at radius 1 is 1.37 bits per heavy atom. The second-order valence-corrected chi connectivity index (χ2v) is 5.81. The minimum Gasteiger partial charge on any atom is -0.368 e. The lowest BCUT2D eigenvalue weighted by atomic mass is 10.0. The highest BCUT2D eigenvalue weighted by atomic mass is 32.2. The number of carbonyl (C=O) groups is 1. The highest BCUT2D eigenvalue weighted by Gasteiger charge is 2.23. The molecule has 3 nitrogen and oxygen atoms in total. The highest BCUT2D eigenvalue weighted by molar-refractivity contribution is 7.99. The predicted molar refractivity (Wildman–Crippen MR) is 77.9 cm³/mol. The number of benzene rings is 1. The minimum absolute atomic E-state index is 0.0784. The maximum absolute atomic E-state index is 12.4. The fourth-order valence-electron chi connectivity index (χ4n) is 2.21. The maximum atomic E-state index is 12.4. The normalized spacial score (nSPS) is 19.5. The summed E-state index contributed by atoms with van der Waals surface area (Å²) in [6.07, 6.45) is -0.297. The molecule has 0 spiro atoms. The molecule has 1 unspecified atom stereocenters. The Bertz CT molecular complexity index is 621. The van der Waals surface area contributed by atoms with Gasteiger partial charge in [-0.15, -0.1) is 0 Å². The molecule has 0 amide bonds. The molecule has 1 aliphatic heterocycles. The van der Waals surface area contributed by atoms with Gasteiger partial charge in [-0.05, 0) is 31.2 Å². The maximum Gasteiger partial charge on any atom is 0.192 e. The second kappa shape index (κ2) is 5.31. The smallest absolute Gasteiger partial charge is 0.192 e.